The largest absolute Gasteiger partial charge is 0.320 e. The summed E-state index contributed by atoms with van der Waals surface area (Å²) in [6, 6.07) is 3.56. The Bertz CT molecular complexity index is 702. The van der Waals surface area contributed by atoms with Gasteiger partial charge in [-0.05, 0) is 44.9 Å². The van der Waals surface area contributed by atoms with E-state index in [1.54, 1.807) is 0 Å². The molecule has 1 heterocycles. The van der Waals surface area contributed by atoms with Crippen LogP contribution >= 0.6 is 0 Å². The first kappa shape index (κ1) is 16.0. The minimum Gasteiger partial charge on any atom is -0.320 e. The first-order chi connectivity index (χ1) is 9.79. The van der Waals surface area contributed by atoms with Crippen LogP contribution in [0.2, 0.25) is 0 Å². The van der Waals surface area contributed by atoms with Crippen molar-refractivity contribution in [1.82, 2.24) is 4.31 Å². The molecule has 2 N–H and O–H groups in total. The molecule has 4 nitrogen and oxygen atoms in total. The predicted octanol–water partition coefficient (Wildman–Crippen LogP) is 1.70. The van der Waals surface area contributed by atoms with Crippen LogP contribution in [0.4, 0.5) is 4.39 Å². The number of nitrogens with two attached hydrogens (primary N) is 1. The van der Waals surface area contributed by atoms with E-state index in [0.717, 1.165) is 25.0 Å². The summed E-state index contributed by atoms with van der Waals surface area (Å²) < 4.78 is 40.6. The van der Waals surface area contributed by atoms with Crippen molar-refractivity contribution in [3.63, 3.8) is 0 Å². The van der Waals surface area contributed by atoms with Crippen molar-refractivity contribution < 1.29 is 12.8 Å². The van der Waals surface area contributed by atoms with Crippen LogP contribution < -0.4 is 5.73 Å². The highest BCUT2D eigenvalue weighted by Crippen LogP contribution is 2.34. The Kier molecular flexibility index (Phi) is 4.38. The Morgan fingerprint density at radius 1 is 1.43 bits per heavy atom. The van der Waals surface area contributed by atoms with E-state index >= 15 is 0 Å². The third-order valence-electron chi connectivity index (χ3n) is 3.66. The molecule has 0 atom stereocenters. The highest BCUT2D eigenvalue weighted by molar-refractivity contribution is 7.89. The van der Waals surface area contributed by atoms with Gasteiger partial charge in [0.05, 0.1) is 11.4 Å². The fraction of sp³-hybridized carbons (Fsp3) is 0.467. The molecule has 0 aromatic heterocycles. The van der Waals surface area contributed by atoms with Crippen LogP contribution in [0, 0.1) is 17.7 Å². The molecule has 1 aromatic rings. The van der Waals surface area contributed by atoms with Gasteiger partial charge in [-0.1, -0.05) is 11.8 Å². The molecule has 1 saturated heterocycles. The summed E-state index contributed by atoms with van der Waals surface area (Å²) in [6.45, 7) is 4.35. The van der Waals surface area contributed by atoms with E-state index in [1.165, 1.54) is 10.4 Å². The van der Waals surface area contributed by atoms with E-state index in [4.69, 9.17) is 5.73 Å². The maximum atomic E-state index is 13.4. The zero-order valence-corrected chi connectivity index (χ0v) is 13.0. The van der Waals surface area contributed by atoms with E-state index in [2.05, 4.69) is 11.8 Å². The van der Waals surface area contributed by atoms with Crippen LogP contribution in [0.1, 0.15) is 32.3 Å². The molecule has 1 aliphatic rings. The molecule has 2 rings (SSSR count). The third kappa shape index (κ3) is 3.10. The van der Waals surface area contributed by atoms with Crippen LogP contribution in [0.3, 0.4) is 0 Å². The first-order valence-corrected chi connectivity index (χ1v) is 8.24. The Morgan fingerprint density at radius 2 is 2.14 bits per heavy atom. The van der Waals surface area contributed by atoms with E-state index in [0.29, 0.717) is 6.54 Å². The monoisotopic (exact) mass is 310 g/mol. The van der Waals surface area contributed by atoms with Crippen LogP contribution in [0.25, 0.3) is 0 Å². The second-order valence-corrected chi connectivity index (χ2v) is 7.47. The van der Waals surface area contributed by atoms with Gasteiger partial charge >= 0.3 is 0 Å². The first-order valence-electron chi connectivity index (χ1n) is 6.80. The van der Waals surface area contributed by atoms with E-state index in [9.17, 15) is 12.8 Å². The summed E-state index contributed by atoms with van der Waals surface area (Å²) in [7, 11) is -3.70. The summed E-state index contributed by atoms with van der Waals surface area (Å²) in [5.74, 6) is 4.72. The highest BCUT2D eigenvalue weighted by atomic mass is 32.2. The summed E-state index contributed by atoms with van der Waals surface area (Å²) >= 11 is 0. The average Bonchev–Trinajstić information content (AvgIpc) is 2.76. The second kappa shape index (κ2) is 5.76. The molecule has 114 valence electrons. The summed E-state index contributed by atoms with van der Waals surface area (Å²) in [5.41, 5.74) is 5.03. The zero-order valence-electron chi connectivity index (χ0n) is 12.2. The van der Waals surface area contributed by atoms with Gasteiger partial charge < -0.3 is 5.73 Å². The fourth-order valence-electron chi connectivity index (χ4n) is 2.62. The van der Waals surface area contributed by atoms with Gasteiger partial charge in [0.1, 0.15) is 5.82 Å². The number of sulfonamides is 1. The second-order valence-electron chi connectivity index (χ2n) is 5.64. The lowest BCUT2D eigenvalue weighted by Crippen LogP contribution is -2.42. The minimum atomic E-state index is -3.70. The van der Waals surface area contributed by atoms with Crippen LogP contribution in [-0.2, 0) is 10.0 Å². The van der Waals surface area contributed by atoms with Crippen molar-refractivity contribution >= 4 is 10.0 Å². The minimum absolute atomic E-state index is 0.0415. The van der Waals surface area contributed by atoms with Crippen LogP contribution in [-0.4, -0.2) is 31.4 Å². The Morgan fingerprint density at radius 3 is 2.71 bits per heavy atom. The van der Waals surface area contributed by atoms with Gasteiger partial charge in [-0.3, -0.25) is 0 Å². The van der Waals surface area contributed by atoms with Crippen molar-refractivity contribution in [3.8, 4) is 11.8 Å². The lowest BCUT2D eigenvalue weighted by molar-refractivity contribution is 0.291. The maximum Gasteiger partial charge on any atom is 0.244 e. The highest BCUT2D eigenvalue weighted by Gasteiger charge is 2.41. The van der Waals surface area contributed by atoms with E-state index in [1.807, 2.05) is 13.8 Å². The van der Waals surface area contributed by atoms with Gasteiger partial charge in [-0.15, -0.1) is 0 Å². The van der Waals surface area contributed by atoms with Crippen molar-refractivity contribution in [2.45, 2.75) is 37.1 Å². The van der Waals surface area contributed by atoms with Gasteiger partial charge in [-0.2, -0.15) is 4.31 Å². The third-order valence-corrected chi connectivity index (χ3v) is 5.83. The van der Waals surface area contributed by atoms with Gasteiger partial charge in [0.15, 0.2) is 0 Å². The maximum absolute atomic E-state index is 13.4. The Labute approximate surface area is 125 Å². The molecule has 0 aliphatic carbocycles. The summed E-state index contributed by atoms with van der Waals surface area (Å²) in [4.78, 5) is 0.0415. The summed E-state index contributed by atoms with van der Waals surface area (Å²) in [6.07, 6.45) is 1.62. The van der Waals surface area contributed by atoms with Gasteiger partial charge in [0, 0.05) is 17.6 Å². The number of hydrogen-bond donors (Lipinski definition) is 1. The van der Waals surface area contributed by atoms with E-state index < -0.39 is 21.4 Å². The number of halogens is 1. The normalized spacial score (nSPS) is 18.3. The molecule has 0 radical (unpaired) electrons. The molecule has 1 aromatic carbocycles. The predicted molar refractivity (Wildman–Crippen MR) is 79.5 cm³/mol. The molecule has 1 aliphatic heterocycles. The van der Waals surface area contributed by atoms with Crippen molar-refractivity contribution in [2.24, 2.45) is 5.73 Å². The van der Waals surface area contributed by atoms with Crippen molar-refractivity contribution in [3.05, 3.63) is 29.6 Å². The fourth-order valence-corrected chi connectivity index (χ4v) is 4.59. The molecular weight excluding hydrogens is 291 g/mol. The van der Waals surface area contributed by atoms with Gasteiger partial charge in [0.25, 0.3) is 0 Å². The van der Waals surface area contributed by atoms with Gasteiger partial charge in [0.2, 0.25) is 10.0 Å². The van der Waals surface area contributed by atoms with Crippen LogP contribution in [0.15, 0.2) is 23.1 Å². The topological polar surface area (TPSA) is 63.4 Å². The smallest absolute Gasteiger partial charge is 0.244 e. The van der Waals surface area contributed by atoms with E-state index in [-0.39, 0.29) is 17.0 Å². The van der Waals surface area contributed by atoms with Crippen molar-refractivity contribution in [2.75, 3.05) is 13.1 Å². The molecule has 0 unspecified atom stereocenters. The number of benzene rings is 1. The number of rotatable bonds is 2. The van der Waals surface area contributed by atoms with Gasteiger partial charge in [-0.25, -0.2) is 12.8 Å². The lowest BCUT2D eigenvalue weighted by atomic mass is 10.0. The molecule has 0 bridgehead atoms. The molecule has 21 heavy (non-hydrogen) atoms. The average molecular weight is 310 g/mol. The Hall–Kier alpha value is -1.42. The summed E-state index contributed by atoms with van der Waals surface area (Å²) in [5, 5.41) is 0. The molecule has 0 amide bonds. The molecule has 0 saturated carbocycles. The SMILES string of the molecule is CC1(C)CCCN1S(=O)(=O)c1ccc(F)cc1C#CCN. The molecule has 6 heteroatoms. The number of hydrogen-bond acceptors (Lipinski definition) is 3. The quantitative estimate of drug-likeness (QED) is 0.846. The molecular formula is C15H19FN2O2S. The number of nitrogens with zero attached hydrogens (tertiary/aromatic N) is 1. The van der Waals surface area contributed by atoms with Crippen molar-refractivity contribution in [1.29, 1.82) is 0 Å². The lowest BCUT2D eigenvalue weighted by Gasteiger charge is -2.30. The molecule has 1 fully saturated rings. The molecule has 0 spiro atoms. The standard InChI is InChI=1S/C15H19FN2O2S/c1-15(2)8-4-10-18(15)21(19,20)14-7-6-13(16)11-12(14)5-3-9-17/h6-7,11H,4,8-10,17H2,1-2H3. The zero-order chi connectivity index (χ0) is 15.7. The van der Waals surface area contributed by atoms with Crippen LogP contribution in [0.5, 0.6) is 0 Å². The Balaban J connectivity index is 2.55.